The zero-order valence-corrected chi connectivity index (χ0v) is 18.5. The maximum Gasteiger partial charge on any atom is 0.297 e. The van der Waals surface area contributed by atoms with E-state index >= 15 is 0 Å². The maximum absolute atomic E-state index is 12.4. The van der Waals surface area contributed by atoms with Gasteiger partial charge >= 0.3 is 0 Å². The number of carbonyl (C=O) groups is 1. The molecule has 11 heteroatoms. The van der Waals surface area contributed by atoms with Gasteiger partial charge in [-0.3, -0.25) is 9.36 Å². The lowest BCUT2D eigenvalue weighted by Crippen LogP contribution is -2.37. The van der Waals surface area contributed by atoms with Crippen LogP contribution in [0.2, 0.25) is 5.02 Å². The van der Waals surface area contributed by atoms with E-state index in [-0.39, 0.29) is 35.1 Å². The van der Waals surface area contributed by atoms with Gasteiger partial charge in [0.15, 0.2) is 6.61 Å². The summed E-state index contributed by atoms with van der Waals surface area (Å²) in [5.41, 5.74) is 1.01. The Bertz CT molecular complexity index is 903. The highest BCUT2D eigenvalue weighted by Gasteiger charge is 2.26. The molecule has 172 valence electrons. The van der Waals surface area contributed by atoms with Crippen molar-refractivity contribution in [2.45, 2.75) is 64.2 Å². The maximum atomic E-state index is 12.4. The molecule has 0 unspecified atom stereocenters. The van der Waals surface area contributed by atoms with Gasteiger partial charge in [0.2, 0.25) is 11.8 Å². The molecule has 2 heterocycles. The molecule has 1 fully saturated rings. The Labute approximate surface area is 184 Å². The first-order valence-corrected chi connectivity index (χ1v) is 10.6. The Morgan fingerprint density at radius 3 is 2.61 bits per heavy atom. The van der Waals surface area contributed by atoms with E-state index in [0.29, 0.717) is 23.7 Å². The Morgan fingerprint density at radius 2 is 1.97 bits per heavy atom. The largest absolute Gasteiger partial charge is 0.470 e. The molecule has 1 aliphatic carbocycles. The van der Waals surface area contributed by atoms with Crippen LogP contribution >= 0.6 is 11.6 Å². The van der Waals surface area contributed by atoms with Crippen molar-refractivity contribution in [3.8, 4) is 11.9 Å². The van der Waals surface area contributed by atoms with Gasteiger partial charge in [0.1, 0.15) is 16.6 Å². The van der Waals surface area contributed by atoms with Crippen LogP contribution in [0.3, 0.4) is 0 Å². The monoisotopic (exact) mass is 460 g/mol. The van der Waals surface area contributed by atoms with Crippen LogP contribution in [-0.4, -0.2) is 58.3 Å². The number of carbonyl (C=O) groups excluding carboxylic acids is 1. The predicted molar refractivity (Wildman–Crippen MR) is 111 cm³/mol. The first kappa shape index (κ1) is 23.5. The first-order valence-electron chi connectivity index (χ1n) is 10.2. The predicted octanol–water partition coefficient (Wildman–Crippen LogP) is 3.50. The van der Waals surface area contributed by atoms with Crippen molar-refractivity contribution >= 4 is 28.5 Å². The van der Waals surface area contributed by atoms with Crippen LogP contribution in [0.25, 0.3) is 11.0 Å². The van der Waals surface area contributed by atoms with Crippen molar-refractivity contribution in [2.24, 2.45) is 7.05 Å². The molecule has 0 spiro atoms. The molecule has 1 atom stereocenters. The highest BCUT2D eigenvalue weighted by atomic mass is 35.5. The van der Waals surface area contributed by atoms with Crippen LogP contribution in [0, 0.1) is 0 Å². The molecule has 0 radical (unpaired) electrons. The van der Waals surface area contributed by atoms with Crippen LogP contribution in [0.15, 0.2) is 6.20 Å². The Kier molecular flexibility index (Phi) is 7.88. The Hall–Kier alpha value is -2.20. The molecule has 1 aliphatic rings. The lowest BCUT2D eigenvalue weighted by Gasteiger charge is -2.29. The van der Waals surface area contributed by atoms with E-state index in [0.717, 1.165) is 25.7 Å². The smallest absolute Gasteiger partial charge is 0.297 e. The number of aryl methyl sites for hydroxylation is 1. The number of hydrogen-bond acceptors (Lipinski definition) is 6. The number of hydrogen-bond donors (Lipinski definition) is 1. The van der Waals surface area contributed by atoms with Crippen LogP contribution in [-0.2, 0) is 16.6 Å². The topological polar surface area (TPSA) is 87.5 Å². The summed E-state index contributed by atoms with van der Waals surface area (Å²) in [5.74, 6) is -0.131. The number of fused-ring (bicyclic) bond motifs is 1. The summed E-state index contributed by atoms with van der Waals surface area (Å²) in [5, 5.41) is 2.92. The zero-order chi connectivity index (χ0) is 22.5. The van der Waals surface area contributed by atoms with E-state index in [1.165, 1.54) is 13.1 Å². The van der Waals surface area contributed by atoms with Gasteiger partial charge in [-0.05, 0) is 32.6 Å². The number of aromatic nitrogens is 3. The summed E-state index contributed by atoms with van der Waals surface area (Å²) < 4.78 is 43.5. The third-order valence-electron chi connectivity index (χ3n) is 5.05. The summed E-state index contributed by atoms with van der Waals surface area (Å²) in [6.45, 7) is 3.09. The average molecular weight is 461 g/mol. The highest BCUT2D eigenvalue weighted by Crippen LogP contribution is 2.34. The normalized spacial score (nSPS) is 20.1. The first-order chi connectivity index (χ1) is 14.7. The number of rotatable bonds is 9. The molecular weight excluding hydrogens is 434 g/mol. The van der Waals surface area contributed by atoms with Crippen molar-refractivity contribution in [1.29, 1.82) is 0 Å². The second kappa shape index (κ2) is 10.4. The molecule has 1 amide bonds. The van der Waals surface area contributed by atoms with Gasteiger partial charge in [-0.25, -0.2) is 13.8 Å². The van der Waals surface area contributed by atoms with Gasteiger partial charge in [-0.15, -0.1) is 0 Å². The third kappa shape index (κ3) is 6.16. The van der Waals surface area contributed by atoms with Gasteiger partial charge in [-0.1, -0.05) is 11.6 Å². The number of halogens is 3. The quantitative estimate of drug-likeness (QED) is 0.616. The molecule has 8 nitrogen and oxygen atoms in total. The van der Waals surface area contributed by atoms with Gasteiger partial charge in [0, 0.05) is 20.0 Å². The number of amides is 1. The van der Waals surface area contributed by atoms with Gasteiger partial charge < -0.3 is 19.5 Å². The molecule has 0 saturated heterocycles. The number of nitrogens with one attached hydrogen (secondary N) is 1. The standard InChI is InChI=1S/C20H27ClF2N4O4/c1-11(25-12(2)28)9-29-13-4-6-14(7-5-13)31-20-26-15-8-24-19(30-10-16(22)23)17(21)18(15)27(20)3/h8,11,13-14,16H,4-7,9-10H2,1-3H3,(H,25,28)/t11-,13-,14-/m0/s1. The van der Waals surface area contributed by atoms with Gasteiger partial charge in [-0.2, -0.15) is 4.98 Å². The molecule has 0 bridgehead atoms. The lowest BCUT2D eigenvalue weighted by atomic mass is 9.95. The van der Waals surface area contributed by atoms with Crippen molar-refractivity contribution in [3.05, 3.63) is 11.2 Å². The zero-order valence-electron chi connectivity index (χ0n) is 17.7. The number of imidazole rings is 1. The fourth-order valence-electron chi connectivity index (χ4n) is 3.61. The van der Waals surface area contributed by atoms with E-state index < -0.39 is 13.0 Å². The molecule has 2 aromatic rings. The van der Waals surface area contributed by atoms with Crippen molar-refractivity contribution in [3.63, 3.8) is 0 Å². The summed E-state index contributed by atoms with van der Waals surface area (Å²) >= 11 is 6.31. The van der Waals surface area contributed by atoms with Gasteiger partial charge in [0.05, 0.1) is 24.4 Å². The molecule has 0 aromatic carbocycles. The number of nitrogens with zero attached hydrogens (tertiary/aromatic N) is 3. The third-order valence-corrected chi connectivity index (χ3v) is 5.39. The minimum atomic E-state index is -2.62. The summed E-state index contributed by atoms with van der Waals surface area (Å²) in [4.78, 5) is 19.5. The van der Waals surface area contributed by atoms with E-state index in [4.69, 9.17) is 25.8 Å². The Balaban J connectivity index is 1.57. The average Bonchev–Trinajstić information content (AvgIpc) is 3.02. The van der Waals surface area contributed by atoms with Crippen LogP contribution < -0.4 is 14.8 Å². The molecule has 1 saturated carbocycles. The number of pyridine rings is 1. The fraction of sp³-hybridized carbons (Fsp3) is 0.650. The summed E-state index contributed by atoms with van der Waals surface area (Å²) in [7, 11) is 1.74. The van der Waals surface area contributed by atoms with Crippen LogP contribution in [0.5, 0.6) is 11.9 Å². The molecule has 31 heavy (non-hydrogen) atoms. The van der Waals surface area contributed by atoms with E-state index in [1.807, 2.05) is 6.92 Å². The second-order valence-corrected chi connectivity index (χ2v) is 8.10. The number of ether oxygens (including phenoxy) is 3. The SMILES string of the molecule is CC(=O)N[C@@H](C)CO[C@H]1CC[C@H](Oc2nc3cnc(OCC(F)F)c(Cl)c3n2C)CC1. The van der Waals surface area contributed by atoms with Gasteiger partial charge in [0.25, 0.3) is 12.4 Å². The van der Waals surface area contributed by atoms with Crippen molar-refractivity contribution < 1.29 is 27.8 Å². The second-order valence-electron chi connectivity index (χ2n) is 7.72. The molecule has 2 aromatic heterocycles. The number of alkyl halides is 2. The van der Waals surface area contributed by atoms with Crippen molar-refractivity contribution in [1.82, 2.24) is 19.9 Å². The van der Waals surface area contributed by atoms with Crippen molar-refractivity contribution in [2.75, 3.05) is 13.2 Å². The Morgan fingerprint density at radius 1 is 1.29 bits per heavy atom. The molecular formula is C20H27ClF2N4O4. The molecule has 3 rings (SSSR count). The van der Waals surface area contributed by atoms with E-state index in [9.17, 15) is 13.6 Å². The lowest BCUT2D eigenvalue weighted by molar-refractivity contribution is -0.120. The minimum absolute atomic E-state index is 0.0237. The fourth-order valence-corrected chi connectivity index (χ4v) is 3.94. The van der Waals surface area contributed by atoms with Crippen LogP contribution in [0.4, 0.5) is 8.78 Å². The highest BCUT2D eigenvalue weighted by molar-refractivity contribution is 6.36. The van der Waals surface area contributed by atoms with Crippen LogP contribution in [0.1, 0.15) is 39.5 Å². The minimum Gasteiger partial charge on any atom is -0.470 e. The summed E-state index contributed by atoms with van der Waals surface area (Å²) in [6.07, 6.45) is 2.20. The molecule has 1 N–H and O–H groups in total. The van der Waals surface area contributed by atoms with E-state index in [1.54, 1.807) is 11.6 Å². The molecule has 0 aliphatic heterocycles. The summed E-state index contributed by atoms with van der Waals surface area (Å²) in [6, 6.07) is 0.354. The van der Waals surface area contributed by atoms with E-state index in [2.05, 4.69) is 15.3 Å².